The molecule has 1 aromatic heterocycles. The van der Waals surface area contributed by atoms with Gasteiger partial charge in [-0.1, -0.05) is 6.07 Å². The number of amides is 1. The summed E-state index contributed by atoms with van der Waals surface area (Å²) in [6.07, 6.45) is 2.16. The molecule has 0 spiro atoms. The minimum absolute atomic E-state index is 0.0763. The van der Waals surface area contributed by atoms with E-state index in [1.54, 1.807) is 5.38 Å². The average Bonchev–Trinajstić information content (AvgIpc) is 3.15. The van der Waals surface area contributed by atoms with Crippen LogP contribution in [0.1, 0.15) is 45.0 Å². The van der Waals surface area contributed by atoms with Crippen molar-refractivity contribution < 1.29 is 9.53 Å². The van der Waals surface area contributed by atoms with Crippen LogP contribution in [0.4, 0.5) is 0 Å². The number of hydrogen-bond acceptors (Lipinski definition) is 4. The number of aromatic nitrogens is 1. The minimum atomic E-state index is -0.0763. The van der Waals surface area contributed by atoms with E-state index >= 15 is 0 Å². The van der Waals surface area contributed by atoms with Gasteiger partial charge in [-0.15, -0.1) is 11.3 Å². The van der Waals surface area contributed by atoms with Crippen LogP contribution in [0.2, 0.25) is 0 Å². The first-order valence-electron chi connectivity index (χ1n) is 7.49. The van der Waals surface area contributed by atoms with Gasteiger partial charge in [0.15, 0.2) is 0 Å². The van der Waals surface area contributed by atoms with Gasteiger partial charge in [-0.05, 0) is 56.4 Å². The van der Waals surface area contributed by atoms with Gasteiger partial charge in [0.2, 0.25) is 0 Å². The number of ether oxygens (including phenoxy) is 1. The fraction of sp³-hybridized carbons (Fsp3) is 0.412. The van der Waals surface area contributed by atoms with E-state index in [1.165, 1.54) is 22.5 Å². The van der Waals surface area contributed by atoms with Crippen molar-refractivity contribution in [3.05, 3.63) is 44.9 Å². The van der Waals surface area contributed by atoms with E-state index in [2.05, 4.69) is 37.1 Å². The summed E-state index contributed by atoms with van der Waals surface area (Å²) in [5.74, 6) is 0.810. The quantitative estimate of drug-likeness (QED) is 0.918. The molecule has 0 unspecified atom stereocenters. The molecular formula is C17H20N2O2S. The maximum atomic E-state index is 11.9. The number of carbonyl (C=O) groups is 1. The van der Waals surface area contributed by atoms with Gasteiger partial charge in [0.1, 0.15) is 23.1 Å². The normalized spacial score (nSPS) is 14.0. The molecule has 1 aliphatic carbocycles. The monoisotopic (exact) mass is 316 g/mol. The lowest BCUT2D eigenvalue weighted by Crippen LogP contribution is -2.25. The molecule has 116 valence electrons. The van der Waals surface area contributed by atoms with Crippen LogP contribution in [-0.4, -0.2) is 16.9 Å². The van der Waals surface area contributed by atoms with Crippen molar-refractivity contribution in [2.75, 3.05) is 0 Å². The second-order valence-corrected chi connectivity index (χ2v) is 6.81. The van der Waals surface area contributed by atoms with Crippen LogP contribution in [0.15, 0.2) is 17.5 Å². The third-order valence-electron chi connectivity index (χ3n) is 3.81. The highest BCUT2D eigenvalue weighted by Gasteiger charge is 2.24. The first kappa shape index (κ1) is 15.0. The molecule has 1 aromatic carbocycles. The summed E-state index contributed by atoms with van der Waals surface area (Å²) in [7, 11) is 0. The number of nitrogens with one attached hydrogen (secondary N) is 1. The highest BCUT2D eigenvalue weighted by molar-refractivity contribution is 7.09. The Morgan fingerprint density at radius 2 is 2.14 bits per heavy atom. The van der Waals surface area contributed by atoms with Crippen LogP contribution in [0.25, 0.3) is 0 Å². The maximum Gasteiger partial charge on any atom is 0.270 e. The fourth-order valence-electron chi connectivity index (χ4n) is 2.26. The second kappa shape index (κ2) is 6.08. The Balaban J connectivity index is 1.64. The van der Waals surface area contributed by atoms with Crippen molar-refractivity contribution in [1.82, 2.24) is 10.3 Å². The SMILES string of the molecule is Cc1cc(C)c(C)c(OCc2nc(C(=O)NC3CC3)cs2)c1. The smallest absolute Gasteiger partial charge is 0.270 e. The third-order valence-corrected chi connectivity index (χ3v) is 4.63. The average molecular weight is 316 g/mol. The molecule has 0 saturated heterocycles. The van der Waals surface area contributed by atoms with E-state index in [-0.39, 0.29) is 5.91 Å². The summed E-state index contributed by atoms with van der Waals surface area (Å²) in [6.45, 7) is 6.59. The first-order chi connectivity index (χ1) is 10.5. The number of benzene rings is 1. The Hall–Kier alpha value is -1.88. The minimum Gasteiger partial charge on any atom is -0.486 e. The van der Waals surface area contributed by atoms with Gasteiger partial charge in [0, 0.05) is 11.4 Å². The van der Waals surface area contributed by atoms with Gasteiger partial charge < -0.3 is 10.1 Å². The predicted octanol–water partition coefficient (Wildman–Crippen LogP) is 3.54. The van der Waals surface area contributed by atoms with Gasteiger partial charge in [0.05, 0.1) is 0 Å². The zero-order chi connectivity index (χ0) is 15.7. The lowest BCUT2D eigenvalue weighted by Gasteiger charge is -2.11. The standard InChI is InChI=1S/C17H20N2O2S/c1-10-6-11(2)12(3)15(7-10)21-8-16-19-14(9-22-16)17(20)18-13-4-5-13/h6-7,9,13H,4-5,8H2,1-3H3,(H,18,20). The Bertz CT molecular complexity index is 705. The fourth-order valence-corrected chi connectivity index (χ4v) is 2.94. The topological polar surface area (TPSA) is 51.2 Å². The molecule has 0 bridgehead atoms. The lowest BCUT2D eigenvalue weighted by molar-refractivity contribution is 0.0946. The first-order valence-corrected chi connectivity index (χ1v) is 8.37. The number of aryl methyl sites for hydroxylation is 2. The molecule has 1 aliphatic rings. The Morgan fingerprint density at radius 3 is 2.86 bits per heavy atom. The van der Waals surface area contributed by atoms with Gasteiger partial charge in [-0.2, -0.15) is 0 Å². The molecule has 0 atom stereocenters. The van der Waals surface area contributed by atoms with Crippen LogP contribution in [0.5, 0.6) is 5.75 Å². The molecule has 5 heteroatoms. The summed E-state index contributed by atoms with van der Waals surface area (Å²) in [5, 5.41) is 5.56. The van der Waals surface area contributed by atoms with Crippen molar-refractivity contribution in [3.63, 3.8) is 0 Å². The molecular weight excluding hydrogens is 296 g/mol. The van der Waals surface area contributed by atoms with Crippen LogP contribution in [0.3, 0.4) is 0 Å². The van der Waals surface area contributed by atoms with E-state index in [9.17, 15) is 4.79 Å². The number of carbonyl (C=O) groups excluding carboxylic acids is 1. The largest absolute Gasteiger partial charge is 0.486 e. The Kier molecular flexibility index (Phi) is 4.16. The molecule has 0 aliphatic heterocycles. The molecule has 1 amide bonds. The zero-order valence-electron chi connectivity index (χ0n) is 13.1. The van der Waals surface area contributed by atoms with Gasteiger partial charge in [-0.25, -0.2) is 4.98 Å². The van der Waals surface area contributed by atoms with E-state index in [0.717, 1.165) is 29.2 Å². The molecule has 1 N–H and O–H groups in total. The number of nitrogens with zero attached hydrogens (tertiary/aromatic N) is 1. The second-order valence-electron chi connectivity index (χ2n) is 5.87. The van der Waals surface area contributed by atoms with Crippen LogP contribution in [0, 0.1) is 20.8 Å². The lowest BCUT2D eigenvalue weighted by atomic mass is 10.1. The molecule has 1 saturated carbocycles. The molecule has 1 heterocycles. The summed E-state index contributed by atoms with van der Waals surface area (Å²) in [5.41, 5.74) is 4.04. The molecule has 3 rings (SSSR count). The highest BCUT2D eigenvalue weighted by atomic mass is 32.1. The van der Waals surface area contributed by atoms with Crippen LogP contribution < -0.4 is 10.1 Å². The van der Waals surface area contributed by atoms with E-state index in [1.807, 2.05) is 6.07 Å². The van der Waals surface area contributed by atoms with E-state index in [4.69, 9.17) is 4.74 Å². The summed E-state index contributed by atoms with van der Waals surface area (Å²) in [4.78, 5) is 16.3. The molecule has 2 aromatic rings. The molecule has 22 heavy (non-hydrogen) atoms. The van der Waals surface area contributed by atoms with Gasteiger partial charge in [0.25, 0.3) is 5.91 Å². The Labute approximate surface area is 134 Å². The van der Waals surface area contributed by atoms with Crippen molar-refractivity contribution in [3.8, 4) is 5.75 Å². The maximum absolute atomic E-state index is 11.9. The van der Waals surface area contributed by atoms with Crippen molar-refractivity contribution in [2.24, 2.45) is 0 Å². The van der Waals surface area contributed by atoms with Crippen molar-refractivity contribution in [1.29, 1.82) is 0 Å². The predicted molar refractivity (Wildman–Crippen MR) is 87.6 cm³/mol. The molecule has 0 radical (unpaired) electrons. The van der Waals surface area contributed by atoms with E-state index < -0.39 is 0 Å². The van der Waals surface area contributed by atoms with E-state index in [0.29, 0.717) is 18.3 Å². The van der Waals surface area contributed by atoms with Crippen molar-refractivity contribution >= 4 is 17.2 Å². The zero-order valence-corrected chi connectivity index (χ0v) is 13.9. The highest BCUT2D eigenvalue weighted by Crippen LogP contribution is 2.25. The molecule has 4 nitrogen and oxygen atoms in total. The van der Waals surface area contributed by atoms with Crippen LogP contribution >= 0.6 is 11.3 Å². The summed E-state index contributed by atoms with van der Waals surface area (Å²) < 4.78 is 5.89. The summed E-state index contributed by atoms with van der Waals surface area (Å²) >= 11 is 1.46. The number of hydrogen-bond donors (Lipinski definition) is 1. The van der Waals surface area contributed by atoms with Crippen molar-refractivity contribution in [2.45, 2.75) is 46.3 Å². The molecule has 1 fully saturated rings. The van der Waals surface area contributed by atoms with Gasteiger partial charge in [-0.3, -0.25) is 4.79 Å². The summed E-state index contributed by atoms with van der Waals surface area (Å²) in [6, 6.07) is 4.54. The third kappa shape index (κ3) is 3.47. The van der Waals surface area contributed by atoms with Gasteiger partial charge >= 0.3 is 0 Å². The number of thiazole rings is 1. The van der Waals surface area contributed by atoms with Crippen LogP contribution in [-0.2, 0) is 6.61 Å². The Morgan fingerprint density at radius 1 is 1.36 bits per heavy atom. The number of rotatable bonds is 5.